The lowest BCUT2D eigenvalue weighted by atomic mass is 10.3. The Morgan fingerprint density at radius 1 is 1.37 bits per heavy atom. The van der Waals surface area contributed by atoms with E-state index in [1.807, 2.05) is 6.07 Å². The van der Waals surface area contributed by atoms with E-state index >= 15 is 0 Å². The first-order valence-corrected chi connectivity index (χ1v) is 6.22. The van der Waals surface area contributed by atoms with E-state index in [2.05, 4.69) is 15.0 Å². The normalized spacial score (nSPS) is 16.5. The highest BCUT2D eigenvalue weighted by Gasteiger charge is 2.15. The van der Waals surface area contributed by atoms with Crippen LogP contribution in [-0.2, 0) is 4.74 Å². The summed E-state index contributed by atoms with van der Waals surface area (Å²) in [7, 11) is 0. The predicted molar refractivity (Wildman–Crippen MR) is 69.2 cm³/mol. The van der Waals surface area contributed by atoms with Gasteiger partial charge in [0.1, 0.15) is 11.4 Å². The van der Waals surface area contributed by atoms with Crippen molar-refractivity contribution in [3.8, 4) is 0 Å². The van der Waals surface area contributed by atoms with Crippen LogP contribution in [0.2, 0.25) is 0 Å². The minimum absolute atomic E-state index is 0.341. The van der Waals surface area contributed by atoms with Crippen LogP contribution in [0.4, 0.5) is 5.82 Å². The van der Waals surface area contributed by atoms with Gasteiger partial charge < -0.3 is 15.4 Å². The number of fused-ring (bicyclic) bond motifs is 1. The molecule has 2 aromatic heterocycles. The van der Waals surface area contributed by atoms with Gasteiger partial charge in [-0.05, 0) is 12.5 Å². The fraction of sp³-hybridized carbons (Fsp3) is 0.417. The van der Waals surface area contributed by atoms with Gasteiger partial charge >= 0.3 is 0 Å². The molecule has 1 aliphatic rings. The Bertz CT molecular complexity index is 601. The summed E-state index contributed by atoms with van der Waals surface area (Å²) in [5.74, 6) is 0.305. The van der Waals surface area contributed by atoms with Gasteiger partial charge in [-0.25, -0.2) is 9.50 Å². The van der Waals surface area contributed by atoms with Gasteiger partial charge in [-0.3, -0.25) is 4.79 Å². The molecular weight excluding hydrogens is 246 g/mol. The number of hydrogen-bond donors (Lipinski definition) is 1. The van der Waals surface area contributed by atoms with Crippen LogP contribution in [0.3, 0.4) is 0 Å². The fourth-order valence-electron chi connectivity index (χ4n) is 2.18. The first-order chi connectivity index (χ1) is 9.25. The number of carbonyl (C=O) groups excluding carboxylic acids is 1. The maximum absolute atomic E-state index is 11.3. The molecule has 0 atom stereocenters. The Morgan fingerprint density at radius 2 is 2.26 bits per heavy atom. The highest BCUT2D eigenvalue weighted by Crippen LogP contribution is 2.16. The van der Waals surface area contributed by atoms with Crippen LogP contribution < -0.4 is 10.6 Å². The van der Waals surface area contributed by atoms with E-state index in [1.54, 1.807) is 10.7 Å². The summed E-state index contributed by atoms with van der Waals surface area (Å²) in [6.45, 7) is 3.15. The summed E-state index contributed by atoms with van der Waals surface area (Å²) in [6, 6.07) is 1.89. The van der Waals surface area contributed by atoms with E-state index in [4.69, 9.17) is 10.5 Å². The van der Waals surface area contributed by atoms with Crippen molar-refractivity contribution < 1.29 is 9.53 Å². The van der Waals surface area contributed by atoms with Crippen LogP contribution in [0.1, 0.15) is 16.8 Å². The quantitative estimate of drug-likeness (QED) is 0.825. The van der Waals surface area contributed by atoms with Crippen molar-refractivity contribution >= 4 is 17.4 Å². The minimum atomic E-state index is -0.515. The van der Waals surface area contributed by atoms with E-state index < -0.39 is 5.91 Å². The Hall–Kier alpha value is -2.15. The summed E-state index contributed by atoms with van der Waals surface area (Å²) in [6.07, 6.45) is 4.20. The van der Waals surface area contributed by atoms with Crippen LogP contribution in [0.25, 0.3) is 5.65 Å². The number of rotatable bonds is 2. The standard InChI is InChI=1S/C12H15N5O2/c13-11(18)9-8-14-17-4-2-10(15-12(9)17)16-3-1-6-19-7-5-16/h2,4,8H,1,3,5-7H2,(H2,13,18). The second kappa shape index (κ2) is 4.85. The molecule has 0 saturated carbocycles. The van der Waals surface area contributed by atoms with Gasteiger partial charge in [0.15, 0.2) is 5.65 Å². The molecule has 1 fully saturated rings. The fourth-order valence-corrected chi connectivity index (χ4v) is 2.18. The van der Waals surface area contributed by atoms with Gasteiger partial charge in [-0.1, -0.05) is 0 Å². The predicted octanol–water partition coefficient (Wildman–Crippen LogP) is 0.0549. The number of hydrogen-bond acceptors (Lipinski definition) is 5. The van der Waals surface area contributed by atoms with E-state index in [0.29, 0.717) is 17.8 Å². The van der Waals surface area contributed by atoms with E-state index in [0.717, 1.165) is 31.9 Å². The average Bonchev–Trinajstić information content (AvgIpc) is 2.64. The summed E-state index contributed by atoms with van der Waals surface area (Å²) < 4.78 is 6.97. The molecule has 0 radical (unpaired) electrons. The lowest BCUT2D eigenvalue weighted by molar-refractivity contribution is 0.100. The molecule has 3 heterocycles. The molecule has 0 aliphatic carbocycles. The number of anilines is 1. The van der Waals surface area contributed by atoms with Gasteiger partial charge in [0, 0.05) is 25.9 Å². The topological polar surface area (TPSA) is 85.8 Å². The molecule has 2 N–H and O–H groups in total. The monoisotopic (exact) mass is 261 g/mol. The number of amides is 1. The number of nitrogens with zero attached hydrogens (tertiary/aromatic N) is 4. The van der Waals surface area contributed by atoms with Crippen molar-refractivity contribution in [2.24, 2.45) is 5.73 Å². The number of aromatic nitrogens is 3. The van der Waals surface area contributed by atoms with Gasteiger partial charge in [0.25, 0.3) is 5.91 Å². The smallest absolute Gasteiger partial charge is 0.254 e. The van der Waals surface area contributed by atoms with Crippen molar-refractivity contribution in [3.63, 3.8) is 0 Å². The molecule has 0 unspecified atom stereocenters. The van der Waals surface area contributed by atoms with Crippen LogP contribution >= 0.6 is 0 Å². The van der Waals surface area contributed by atoms with Gasteiger partial charge in [-0.15, -0.1) is 0 Å². The number of nitrogens with two attached hydrogens (primary N) is 1. The van der Waals surface area contributed by atoms with Gasteiger partial charge in [-0.2, -0.15) is 5.10 Å². The molecule has 3 rings (SSSR count). The van der Waals surface area contributed by atoms with Crippen molar-refractivity contribution in [1.29, 1.82) is 0 Å². The Labute approximate surface area is 110 Å². The van der Waals surface area contributed by atoms with Gasteiger partial charge in [0.05, 0.1) is 12.8 Å². The molecule has 2 aromatic rings. The van der Waals surface area contributed by atoms with Crippen LogP contribution in [0.15, 0.2) is 18.5 Å². The molecule has 100 valence electrons. The second-order valence-electron chi connectivity index (χ2n) is 4.43. The third-order valence-corrected chi connectivity index (χ3v) is 3.17. The minimum Gasteiger partial charge on any atom is -0.380 e. The molecule has 7 nitrogen and oxygen atoms in total. The first kappa shape index (κ1) is 11.9. The second-order valence-corrected chi connectivity index (χ2v) is 4.43. The zero-order valence-corrected chi connectivity index (χ0v) is 10.5. The molecule has 19 heavy (non-hydrogen) atoms. The van der Waals surface area contributed by atoms with E-state index in [-0.39, 0.29) is 0 Å². The largest absolute Gasteiger partial charge is 0.380 e. The maximum Gasteiger partial charge on any atom is 0.254 e. The molecule has 0 bridgehead atoms. The summed E-state index contributed by atoms with van der Waals surface area (Å²) in [5, 5.41) is 4.05. The van der Waals surface area contributed by atoms with Crippen molar-refractivity contribution in [2.45, 2.75) is 6.42 Å². The molecular formula is C12H15N5O2. The molecule has 1 saturated heterocycles. The number of primary amides is 1. The first-order valence-electron chi connectivity index (χ1n) is 6.22. The Kier molecular flexibility index (Phi) is 3.04. The van der Waals surface area contributed by atoms with Crippen molar-refractivity contribution in [1.82, 2.24) is 14.6 Å². The molecule has 0 aromatic carbocycles. The SMILES string of the molecule is NC(=O)c1cnn2ccc(N3CCCOCC3)nc12. The highest BCUT2D eigenvalue weighted by atomic mass is 16.5. The zero-order chi connectivity index (χ0) is 13.2. The zero-order valence-electron chi connectivity index (χ0n) is 10.5. The van der Waals surface area contributed by atoms with Crippen LogP contribution in [-0.4, -0.2) is 46.8 Å². The number of ether oxygens (including phenoxy) is 1. The van der Waals surface area contributed by atoms with Crippen LogP contribution in [0, 0.1) is 0 Å². The molecule has 1 aliphatic heterocycles. The molecule has 7 heteroatoms. The summed E-state index contributed by atoms with van der Waals surface area (Å²) in [5.41, 5.74) is 6.15. The summed E-state index contributed by atoms with van der Waals surface area (Å²) >= 11 is 0. The third kappa shape index (κ3) is 2.24. The Balaban J connectivity index is 1.99. The Morgan fingerprint density at radius 3 is 3.11 bits per heavy atom. The lowest BCUT2D eigenvalue weighted by Crippen LogP contribution is -2.27. The summed E-state index contributed by atoms with van der Waals surface area (Å²) in [4.78, 5) is 17.9. The van der Waals surface area contributed by atoms with E-state index in [1.165, 1.54) is 6.20 Å². The molecule has 0 spiro atoms. The van der Waals surface area contributed by atoms with Crippen molar-refractivity contribution in [2.75, 3.05) is 31.2 Å². The molecule has 1 amide bonds. The van der Waals surface area contributed by atoms with E-state index in [9.17, 15) is 4.79 Å². The number of carbonyl (C=O) groups is 1. The lowest BCUT2D eigenvalue weighted by Gasteiger charge is -2.20. The highest BCUT2D eigenvalue weighted by molar-refractivity contribution is 5.98. The third-order valence-electron chi connectivity index (χ3n) is 3.17. The van der Waals surface area contributed by atoms with Crippen LogP contribution in [0.5, 0.6) is 0 Å². The average molecular weight is 261 g/mol. The van der Waals surface area contributed by atoms with Gasteiger partial charge in [0.2, 0.25) is 0 Å². The van der Waals surface area contributed by atoms with Crippen molar-refractivity contribution in [3.05, 3.63) is 24.0 Å². The maximum atomic E-state index is 11.3.